The Balaban J connectivity index is 2.26. The average Bonchev–Trinajstić information content (AvgIpc) is 2.15. The molecule has 60 valence electrons. The van der Waals surface area contributed by atoms with Gasteiger partial charge in [0, 0.05) is 5.92 Å². The van der Waals surface area contributed by atoms with E-state index < -0.39 is 0 Å². The second-order valence-electron chi connectivity index (χ2n) is 3.49. The first kappa shape index (κ1) is 8.02. The van der Waals surface area contributed by atoms with Crippen LogP contribution in [0.1, 0.15) is 20.3 Å². The summed E-state index contributed by atoms with van der Waals surface area (Å²) < 4.78 is 5.12. The van der Waals surface area contributed by atoms with Crippen LogP contribution in [0.5, 0.6) is 0 Å². The van der Waals surface area contributed by atoms with Crippen LogP contribution in [0.3, 0.4) is 0 Å². The van der Waals surface area contributed by atoms with E-state index in [1.165, 1.54) is 0 Å². The van der Waals surface area contributed by atoms with Crippen LogP contribution in [0.2, 0.25) is 0 Å². The van der Waals surface area contributed by atoms with Crippen molar-refractivity contribution in [3.8, 4) is 0 Å². The van der Waals surface area contributed by atoms with Crippen LogP contribution in [-0.2, 0) is 4.74 Å². The minimum atomic E-state index is -0.206. The second-order valence-corrected chi connectivity index (χ2v) is 3.49. The van der Waals surface area contributed by atoms with Crippen molar-refractivity contribution in [1.29, 1.82) is 0 Å². The summed E-state index contributed by atoms with van der Waals surface area (Å²) in [7, 11) is 0. The third-order valence-electron chi connectivity index (χ3n) is 1.94. The molecule has 0 aromatic heterocycles. The molecule has 1 fully saturated rings. The van der Waals surface area contributed by atoms with E-state index in [4.69, 9.17) is 4.74 Å². The second kappa shape index (κ2) is 3.35. The molecule has 1 heterocycles. The highest BCUT2D eigenvalue weighted by Crippen LogP contribution is 2.21. The quantitative estimate of drug-likeness (QED) is 0.627. The van der Waals surface area contributed by atoms with Crippen LogP contribution in [0.15, 0.2) is 0 Å². The Labute approximate surface area is 62.2 Å². The van der Waals surface area contributed by atoms with Gasteiger partial charge < -0.3 is 9.84 Å². The van der Waals surface area contributed by atoms with Gasteiger partial charge in [-0.25, -0.2) is 0 Å². The van der Waals surface area contributed by atoms with Gasteiger partial charge in [0.05, 0.1) is 19.3 Å². The maximum atomic E-state index is 9.31. The van der Waals surface area contributed by atoms with Gasteiger partial charge in [-0.05, 0) is 12.3 Å². The fourth-order valence-electron chi connectivity index (χ4n) is 1.42. The van der Waals surface area contributed by atoms with Crippen LogP contribution < -0.4 is 0 Å². The van der Waals surface area contributed by atoms with Crippen molar-refractivity contribution in [2.75, 3.05) is 13.2 Å². The Kier molecular flexibility index (Phi) is 2.69. The summed E-state index contributed by atoms with van der Waals surface area (Å²) in [4.78, 5) is 0. The molecule has 1 aliphatic rings. The van der Waals surface area contributed by atoms with Crippen molar-refractivity contribution in [2.45, 2.75) is 26.4 Å². The summed E-state index contributed by atoms with van der Waals surface area (Å²) in [6, 6.07) is 0. The zero-order valence-corrected chi connectivity index (χ0v) is 6.71. The molecule has 10 heavy (non-hydrogen) atoms. The van der Waals surface area contributed by atoms with E-state index in [9.17, 15) is 5.11 Å². The van der Waals surface area contributed by atoms with Crippen molar-refractivity contribution in [2.24, 2.45) is 11.8 Å². The highest BCUT2D eigenvalue weighted by molar-refractivity contribution is 4.74. The molecule has 2 atom stereocenters. The van der Waals surface area contributed by atoms with E-state index in [0.717, 1.165) is 13.0 Å². The first-order valence-corrected chi connectivity index (χ1v) is 3.96. The fourth-order valence-corrected chi connectivity index (χ4v) is 1.42. The Hall–Kier alpha value is -0.0800. The predicted molar refractivity (Wildman–Crippen MR) is 39.8 cm³/mol. The highest BCUT2D eigenvalue weighted by atomic mass is 16.5. The van der Waals surface area contributed by atoms with Crippen LogP contribution in [-0.4, -0.2) is 24.4 Å². The van der Waals surface area contributed by atoms with E-state index >= 15 is 0 Å². The van der Waals surface area contributed by atoms with Crippen LogP contribution >= 0.6 is 0 Å². The molecule has 0 bridgehead atoms. The van der Waals surface area contributed by atoms with Crippen molar-refractivity contribution in [3.05, 3.63) is 0 Å². The molecule has 1 aliphatic heterocycles. The van der Waals surface area contributed by atoms with Gasteiger partial charge in [-0.15, -0.1) is 0 Å². The van der Waals surface area contributed by atoms with Crippen molar-refractivity contribution >= 4 is 0 Å². The molecule has 0 aromatic carbocycles. The first-order valence-electron chi connectivity index (χ1n) is 3.96. The van der Waals surface area contributed by atoms with Gasteiger partial charge in [0.1, 0.15) is 0 Å². The van der Waals surface area contributed by atoms with Gasteiger partial charge in [0.15, 0.2) is 0 Å². The molecule has 2 nitrogen and oxygen atoms in total. The third kappa shape index (κ3) is 1.96. The van der Waals surface area contributed by atoms with Crippen molar-refractivity contribution in [3.63, 3.8) is 0 Å². The zero-order valence-electron chi connectivity index (χ0n) is 6.71. The summed E-state index contributed by atoms with van der Waals surface area (Å²) in [5, 5.41) is 9.31. The van der Waals surface area contributed by atoms with E-state index in [2.05, 4.69) is 13.8 Å². The van der Waals surface area contributed by atoms with Crippen LogP contribution in [0.25, 0.3) is 0 Å². The lowest BCUT2D eigenvalue weighted by atomic mass is 9.95. The van der Waals surface area contributed by atoms with E-state index in [-0.39, 0.29) is 6.10 Å². The Morgan fingerprint density at radius 2 is 2.20 bits per heavy atom. The molecule has 2 heteroatoms. The number of aliphatic hydroxyl groups excluding tert-OH is 1. The maximum absolute atomic E-state index is 9.31. The summed E-state index contributed by atoms with van der Waals surface area (Å²) in [5.41, 5.74) is 0. The number of rotatable bonds is 2. The lowest BCUT2D eigenvalue weighted by Gasteiger charge is -2.13. The zero-order chi connectivity index (χ0) is 7.56. The Bertz CT molecular complexity index is 101. The lowest BCUT2D eigenvalue weighted by molar-refractivity contribution is 0.115. The molecule has 0 aliphatic carbocycles. The smallest absolute Gasteiger partial charge is 0.0823 e. The Morgan fingerprint density at radius 3 is 2.60 bits per heavy atom. The maximum Gasteiger partial charge on any atom is 0.0823 e. The van der Waals surface area contributed by atoms with Crippen molar-refractivity contribution < 1.29 is 9.84 Å². The van der Waals surface area contributed by atoms with Crippen LogP contribution in [0.4, 0.5) is 0 Å². The largest absolute Gasteiger partial charge is 0.390 e. The molecule has 0 amide bonds. The first-order chi connectivity index (χ1) is 4.70. The number of ether oxygens (including phenoxy) is 1. The third-order valence-corrected chi connectivity index (χ3v) is 1.94. The summed E-state index contributed by atoms with van der Waals surface area (Å²) in [5.74, 6) is 1.06. The highest BCUT2D eigenvalue weighted by Gasteiger charge is 2.26. The van der Waals surface area contributed by atoms with Gasteiger partial charge >= 0.3 is 0 Å². The van der Waals surface area contributed by atoms with Crippen LogP contribution in [0, 0.1) is 11.8 Å². The van der Waals surface area contributed by atoms with Gasteiger partial charge in [-0.1, -0.05) is 13.8 Å². The number of aliphatic hydroxyl groups is 1. The number of hydrogen-bond acceptors (Lipinski definition) is 2. The fraction of sp³-hybridized carbons (Fsp3) is 1.00. The monoisotopic (exact) mass is 144 g/mol. The molecular weight excluding hydrogens is 128 g/mol. The molecule has 1 rings (SSSR count). The summed E-state index contributed by atoms with van der Waals surface area (Å²) in [6.45, 7) is 5.63. The molecule has 1 saturated heterocycles. The van der Waals surface area contributed by atoms with E-state index in [1.807, 2.05) is 0 Å². The lowest BCUT2D eigenvalue weighted by Crippen LogP contribution is -2.19. The number of hydrogen-bond donors (Lipinski definition) is 1. The normalized spacial score (nSPS) is 33.6. The van der Waals surface area contributed by atoms with Crippen molar-refractivity contribution in [1.82, 2.24) is 0 Å². The summed E-state index contributed by atoms with van der Waals surface area (Å²) >= 11 is 0. The van der Waals surface area contributed by atoms with E-state index in [0.29, 0.717) is 18.4 Å². The standard InChI is InChI=1S/C8H16O2/c1-6(2)3-7-4-10-5-8(7)9/h6-9H,3-5H2,1-2H3. The summed E-state index contributed by atoms with van der Waals surface area (Å²) in [6.07, 6.45) is 0.878. The minimum Gasteiger partial charge on any atom is -0.390 e. The van der Waals surface area contributed by atoms with Gasteiger partial charge in [0.2, 0.25) is 0 Å². The molecule has 0 spiro atoms. The van der Waals surface area contributed by atoms with Gasteiger partial charge in [-0.3, -0.25) is 0 Å². The molecule has 1 N–H and O–H groups in total. The SMILES string of the molecule is CC(C)CC1COCC1O. The average molecular weight is 144 g/mol. The van der Waals surface area contributed by atoms with E-state index in [1.54, 1.807) is 0 Å². The minimum absolute atomic E-state index is 0.206. The molecule has 0 saturated carbocycles. The topological polar surface area (TPSA) is 29.5 Å². The molecule has 0 aromatic rings. The molecular formula is C8H16O2. The van der Waals surface area contributed by atoms with Gasteiger partial charge in [-0.2, -0.15) is 0 Å². The molecule has 0 radical (unpaired) electrons. The van der Waals surface area contributed by atoms with Gasteiger partial charge in [0.25, 0.3) is 0 Å². The molecule has 2 unspecified atom stereocenters. The predicted octanol–water partition coefficient (Wildman–Crippen LogP) is 1.04. The Morgan fingerprint density at radius 1 is 1.50 bits per heavy atom.